The van der Waals surface area contributed by atoms with E-state index in [0.29, 0.717) is 17.6 Å². The van der Waals surface area contributed by atoms with Crippen LogP contribution in [0, 0.1) is 0 Å². The Hall–Kier alpha value is -0.470. The van der Waals surface area contributed by atoms with Crippen LogP contribution in [0.15, 0.2) is 27.6 Å². The average molecular weight is 365 g/mol. The Morgan fingerprint density at radius 1 is 1.40 bits per heavy atom. The normalized spacial score (nSPS) is 13.4. The molecule has 0 aliphatic rings. The van der Waals surface area contributed by atoms with Gasteiger partial charge in [-0.1, -0.05) is 13.0 Å². The van der Waals surface area contributed by atoms with Crippen molar-refractivity contribution in [2.75, 3.05) is 20.3 Å². The number of rotatable bonds is 8. The van der Waals surface area contributed by atoms with Crippen molar-refractivity contribution in [1.29, 1.82) is 0 Å². The van der Waals surface area contributed by atoms with Gasteiger partial charge in [-0.25, -0.2) is 13.1 Å². The maximum absolute atomic E-state index is 12.3. The van der Waals surface area contributed by atoms with E-state index in [1.54, 1.807) is 13.0 Å². The Balaban J connectivity index is 2.90. The number of hydrogen-bond donors (Lipinski definition) is 2. The lowest BCUT2D eigenvalue weighted by Crippen LogP contribution is -2.35. The van der Waals surface area contributed by atoms with Crippen LogP contribution < -0.4 is 10.0 Å². The van der Waals surface area contributed by atoms with Crippen molar-refractivity contribution in [2.45, 2.75) is 31.3 Å². The molecule has 114 valence electrons. The molecule has 0 aliphatic heterocycles. The van der Waals surface area contributed by atoms with Gasteiger partial charge in [0.2, 0.25) is 10.0 Å². The van der Waals surface area contributed by atoms with Gasteiger partial charge < -0.3 is 10.1 Å². The first-order valence-electron chi connectivity index (χ1n) is 6.41. The molecular formula is C13H21BrN2O3S. The van der Waals surface area contributed by atoms with Gasteiger partial charge >= 0.3 is 0 Å². The number of sulfonamides is 1. The Morgan fingerprint density at radius 3 is 2.65 bits per heavy atom. The zero-order valence-corrected chi connectivity index (χ0v) is 14.3. The summed E-state index contributed by atoms with van der Waals surface area (Å²) in [5.74, 6) is 0. The van der Waals surface area contributed by atoms with E-state index in [0.717, 1.165) is 12.1 Å². The van der Waals surface area contributed by atoms with Gasteiger partial charge in [-0.3, -0.25) is 0 Å². The molecule has 0 bridgehead atoms. The number of hydrogen-bond acceptors (Lipinski definition) is 4. The molecule has 7 heteroatoms. The summed E-state index contributed by atoms with van der Waals surface area (Å²) in [5.41, 5.74) is 1.03. The molecule has 2 N–H and O–H groups in total. The summed E-state index contributed by atoms with van der Waals surface area (Å²) in [6.07, 6.45) is 0. The Labute approximate surface area is 129 Å². The lowest BCUT2D eigenvalue weighted by atomic mass is 10.2. The maximum atomic E-state index is 12.3. The largest absolute Gasteiger partial charge is 0.383 e. The minimum atomic E-state index is -3.55. The number of nitrogens with one attached hydrogen (secondary N) is 2. The zero-order chi connectivity index (χ0) is 15.2. The zero-order valence-electron chi connectivity index (χ0n) is 11.9. The third-order valence-electron chi connectivity index (χ3n) is 2.64. The molecule has 0 aliphatic carbocycles. The second-order valence-electron chi connectivity index (χ2n) is 4.52. The first kappa shape index (κ1) is 17.6. The summed E-state index contributed by atoms with van der Waals surface area (Å²) in [6.45, 7) is 5.69. The molecule has 1 unspecified atom stereocenters. The monoisotopic (exact) mass is 364 g/mol. The van der Waals surface area contributed by atoms with E-state index >= 15 is 0 Å². The van der Waals surface area contributed by atoms with Crippen LogP contribution in [0.4, 0.5) is 0 Å². The molecule has 0 saturated heterocycles. The Morgan fingerprint density at radius 2 is 2.10 bits per heavy atom. The highest BCUT2D eigenvalue weighted by atomic mass is 79.9. The van der Waals surface area contributed by atoms with Crippen LogP contribution in [0.5, 0.6) is 0 Å². The average Bonchev–Trinajstić information content (AvgIpc) is 2.35. The van der Waals surface area contributed by atoms with Gasteiger partial charge in [0.25, 0.3) is 0 Å². The molecule has 0 saturated carbocycles. The summed E-state index contributed by atoms with van der Waals surface area (Å²) in [4.78, 5) is 0.237. The molecule has 1 atom stereocenters. The predicted octanol–water partition coefficient (Wildman–Crippen LogP) is 1.87. The van der Waals surface area contributed by atoms with E-state index in [2.05, 4.69) is 26.0 Å². The van der Waals surface area contributed by atoms with Crippen molar-refractivity contribution in [3.63, 3.8) is 0 Å². The first-order chi connectivity index (χ1) is 9.40. The van der Waals surface area contributed by atoms with Crippen molar-refractivity contribution in [1.82, 2.24) is 10.0 Å². The molecule has 0 amide bonds. The summed E-state index contributed by atoms with van der Waals surface area (Å²) in [6, 6.07) is 4.96. The van der Waals surface area contributed by atoms with E-state index in [1.165, 1.54) is 7.11 Å². The number of ether oxygens (including phenoxy) is 1. The van der Waals surface area contributed by atoms with Crippen molar-refractivity contribution in [3.05, 3.63) is 28.2 Å². The third kappa shape index (κ3) is 5.14. The van der Waals surface area contributed by atoms with Crippen molar-refractivity contribution >= 4 is 26.0 Å². The predicted molar refractivity (Wildman–Crippen MR) is 83.2 cm³/mol. The van der Waals surface area contributed by atoms with E-state index in [4.69, 9.17) is 4.74 Å². The molecular weight excluding hydrogens is 344 g/mol. The van der Waals surface area contributed by atoms with Crippen LogP contribution in [0.1, 0.15) is 19.4 Å². The highest BCUT2D eigenvalue weighted by Gasteiger charge is 2.20. The van der Waals surface area contributed by atoms with Crippen LogP contribution in [0.2, 0.25) is 0 Å². The van der Waals surface area contributed by atoms with E-state index in [1.807, 2.05) is 19.1 Å². The molecule has 1 aromatic carbocycles. The van der Waals surface area contributed by atoms with Gasteiger partial charge in [0, 0.05) is 24.2 Å². The molecule has 0 heterocycles. The molecule has 5 nitrogen and oxygen atoms in total. The summed E-state index contributed by atoms with van der Waals surface area (Å²) < 4.78 is 32.6. The van der Waals surface area contributed by atoms with E-state index < -0.39 is 10.0 Å². The fourth-order valence-corrected chi connectivity index (χ4v) is 4.11. The number of halogens is 1. The topological polar surface area (TPSA) is 67.4 Å². The molecule has 0 spiro atoms. The molecule has 0 radical (unpaired) electrons. The highest BCUT2D eigenvalue weighted by molar-refractivity contribution is 9.10. The second kappa shape index (κ2) is 8.09. The van der Waals surface area contributed by atoms with E-state index in [9.17, 15) is 8.42 Å². The fraction of sp³-hybridized carbons (Fsp3) is 0.538. The molecule has 0 fully saturated rings. The van der Waals surface area contributed by atoms with E-state index in [-0.39, 0.29) is 10.9 Å². The lowest BCUT2D eigenvalue weighted by Gasteiger charge is -2.14. The van der Waals surface area contributed by atoms with Crippen LogP contribution >= 0.6 is 15.9 Å². The molecule has 0 aromatic heterocycles. The summed E-state index contributed by atoms with van der Waals surface area (Å²) >= 11 is 3.33. The van der Waals surface area contributed by atoms with Gasteiger partial charge in [0.15, 0.2) is 0 Å². The van der Waals surface area contributed by atoms with Gasteiger partial charge in [-0.05, 0) is 47.1 Å². The van der Waals surface area contributed by atoms with Gasteiger partial charge in [0.1, 0.15) is 0 Å². The van der Waals surface area contributed by atoms with Crippen molar-refractivity contribution < 1.29 is 13.2 Å². The minimum absolute atomic E-state index is 0.237. The first-order valence-corrected chi connectivity index (χ1v) is 8.68. The minimum Gasteiger partial charge on any atom is -0.383 e. The molecule has 1 aromatic rings. The SMILES string of the molecule is CCNCc1ccc(S(=O)(=O)NC(C)COC)c(Br)c1. The highest BCUT2D eigenvalue weighted by Crippen LogP contribution is 2.23. The number of benzene rings is 1. The van der Waals surface area contributed by atoms with Gasteiger partial charge in [0.05, 0.1) is 11.5 Å². The van der Waals surface area contributed by atoms with Crippen LogP contribution in [0.3, 0.4) is 0 Å². The standard InChI is InChI=1S/C13H21BrN2O3S/c1-4-15-8-11-5-6-13(12(14)7-11)20(17,18)16-10(2)9-19-3/h5-7,10,15-16H,4,8-9H2,1-3H3. The molecule has 1 rings (SSSR count). The van der Waals surface area contributed by atoms with Crippen molar-refractivity contribution in [3.8, 4) is 0 Å². The van der Waals surface area contributed by atoms with Crippen LogP contribution in [-0.2, 0) is 21.3 Å². The maximum Gasteiger partial charge on any atom is 0.242 e. The Kier molecular flexibility index (Phi) is 7.11. The molecule has 20 heavy (non-hydrogen) atoms. The van der Waals surface area contributed by atoms with Gasteiger partial charge in [-0.2, -0.15) is 0 Å². The second-order valence-corrected chi connectivity index (χ2v) is 7.06. The third-order valence-corrected chi connectivity index (χ3v) is 5.20. The lowest BCUT2D eigenvalue weighted by molar-refractivity contribution is 0.180. The summed E-state index contributed by atoms with van der Waals surface area (Å²) in [7, 11) is -2.01. The fourth-order valence-electron chi connectivity index (χ4n) is 1.75. The Bertz CT molecular complexity index is 534. The van der Waals surface area contributed by atoms with Gasteiger partial charge in [-0.15, -0.1) is 0 Å². The quantitative estimate of drug-likeness (QED) is 0.738. The van der Waals surface area contributed by atoms with Crippen LogP contribution in [0.25, 0.3) is 0 Å². The smallest absolute Gasteiger partial charge is 0.242 e. The van der Waals surface area contributed by atoms with Crippen molar-refractivity contribution in [2.24, 2.45) is 0 Å². The number of methoxy groups -OCH3 is 1. The van der Waals surface area contributed by atoms with Crippen LogP contribution in [-0.4, -0.2) is 34.7 Å². The summed E-state index contributed by atoms with van der Waals surface area (Å²) in [5, 5.41) is 3.20.